The van der Waals surface area contributed by atoms with Gasteiger partial charge in [0.1, 0.15) is 0 Å². The number of rotatable bonds is 0. The van der Waals surface area contributed by atoms with Gasteiger partial charge in [0.05, 0.1) is 0 Å². The molecule has 4 nitrogen and oxygen atoms in total. The number of halogens is 1. The van der Waals surface area contributed by atoms with Gasteiger partial charge in [-0.05, 0) is 0 Å². The molecule has 1 unspecified atom stereocenters. The fourth-order valence-corrected chi connectivity index (χ4v) is 0. The SMILES string of the molecule is F.O[Si](O)(O)O.P.[CaH2].[NaH]. The normalized spacial score (nSPS) is 6.67. The molecular formula is H11CaFNaO4PSi. The molecule has 0 aromatic carbocycles. The third-order valence-corrected chi connectivity index (χ3v) is 0. The molecule has 0 bridgehead atoms. The number of hydrogen-bond acceptors (Lipinski definition) is 4. The summed E-state index contributed by atoms with van der Waals surface area (Å²) >= 11 is 0. The summed E-state index contributed by atoms with van der Waals surface area (Å²) in [5.41, 5.74) is 0. The van der Waals surface area contributed by atoms with E-state index in [1.807, 2.05) is 0 Å². The Morgan fingerprint density at radius 2 is 0.889 bits per heavy atom. The van der Waals surface area contributed by atoms with Gasteiger partial charge in [0.15, 0.2) is 0 Å². The van der Waals surface area contributed by atoms with E-state index in [2.05, 4.69) is 0 Å². The van der Waals surface area contributed by atoms with E-state index in [0.717, 1.165) is 0 Å². The topological polar surface area (TPSA) is 80.9 Å². The zero-order valence-corrected chi connectivity index (χ0v) is 5.82. The van der Waals surface area contributed by atoms with E-state index in [0.29, 0.717) is 0 Å². The van der Waals surface area contributed by atoms with Crippen LogP contribution in [-0.2, 0) is 0 Å². The molecule has 54 valence electrons. The van der Waals surface area contributed by atoms with Crippen molar-refractivity contribution in [3.05, 3.63) is 0 Å². The Labute approximate surface area is 108 Å². The van der Waals surface area contributed by atoms with E-state index in [1.165, 1.54) is 0 Å². The molecule has 9 heteroatoms. The van der Waals surface area contributed by atoms with Crippen LogP contribution in [-0.4, -0.2) is 95.5 Å². The second-order valence-corrected chi connectivity index (χ2v) is 1.80. The molecule has 0 aliphatic heterocycles. The van der Waals surface area contributed by atoms with E-state index in [4.69, 9.17) is 19.2 Å². The number of hydrogen-bond donors (Lipinski definition) is 4. The quantitative estimate of drug-likeness (QED) is 0.246. The molecule has 0 heterocycles. The molecule has 0 aromatic rings. The molecule has 0 radical (unpaired) electrons. The van der Waals surface area contributed by atoms with Gasteiger partial charge in [0.2, 0.25) is 0 Å². The van der Waals surface area contributed by atoms with E-state index in [-0.39, 0.29) is 81.9 Å². The van der Waals surface area contributed by atoms with Gasteiger partial charge in [-0.1, -0.05) is 0 Å². The summed E-state index contributed by atoms with van der Waals surface area (Å²) in [4.78, 5) is 29.3. The van der Waals surface area contributed by atoms with Crippen molar-refractivity contribution in [3.63, 3.8) is 0 Å². The van der Waals surface area contributed by atoms with Crippen molar-refractivity contribution in [1.29, 1.82) is 0 Å². The van der Waals surface area contributed by atoms with Gasteiger partial charge in [-0.25, -0.2) is 0 Å². The van der Waals surface area contributed by atoms with Crippen LogP contribution >= 0.6 is 9.90 Å². The van der Waals surface area contributed by atoms with Gasteiger partial charge in [0.25, 0.3) is 0 Å². The van der Waals surface area contributed by atoms with E-state index < -0.39 is 9.05 Å². The molecule has 0 aliphatic rings. The predicted molar refractivity (Wildman–Crippen MR) is 43.9 cm³/mol. The maximum atomic E-state index is 7.33. The molecule has 0 spiro atoms. The van der Waals surface area contributed by atoms with Gasteiger partial charge < -0.3 is 19.2 Å². The second-order valence-electron chi connectivity index (χ2n) is 0.600. The third kappa shape index (κ3) is 112. The van der Waals surface area contributed by atoms with Crippen LogP contribution in [0.2, 0.25) is 0 Å². The van der Waals surface area contributed by atoms with Crippen molar-refractivity contribution in [1.82, 2.24) is 0 Å². The molecule has 9 heavy (non-hydrogen) atoms. The van der Waals surface area contributed by atoms with Crippen molar-refractivity contribution in [2.24, 2.45) is 0 Å². The van der Waals surface area contributed by atoms with Crippen LogP contribution in [0.1, 0.15) is 0 Å². The first-order chi connectivity index (χ1) is 2.00. The molecule has 0 fully saturated rings. The van der Waals surface area contributed by atoms with E-state index in [9.17, 15) is 0 Å². The summed E-state index contributed by atoms with van der Waals surface area (Å²) in [5.74, 6) is 0. The van der Waals surface area contributed by atoms with Gasteiger partial charge in [-0.3, -0.25) is 4.70 Å². The second kappa shape index (κ2) is 13.3. The fraction of sp³-hybridized carbons (Fsp3) is 0. The van der Waals surface area contributed by atoms with Crippen molar-refractivity contribution in [2.45, 2.75) is 0 Å². The van der Waals surface area contributed by atoms with Crippen molar-refractivity contribution < 1.29 is 23.9 Å². The summed E-state index contributed by atoms with van der Waals surface area (Å²) in [7, 11) is -4.61. The molecule has 0 saturated heterocycles. The van der Waals surface area contributed by atoms with Crippen molar-refractivity contribution in [3.8, 4) is 0 Å². The fourth-order valence-electron chi connectivity index (χ4n) is 0. The summed E-state index contributed by atoms with van der Waals surface area (Å²) in [6.45, 7) is 0. The van der Waals surface area contributed by atoms with Crippen LogP contribution in [0.25, 0.3) is 0 Å². The van der Waals surface area contributed by atoms with Gasteiger partial charge >= 0.3 is 76.3 Å². The van der Waals surface area contributed by atoms with Gasteiger partial charge in [0, 0.05) is 0 Å². The van der Waals surface area contributed by atoms with Gasteiger partial charge in [-0.2, -0.15) is 9.90 Å². The Kier molecular flexibility index (Phi) is 44.1. The summed E-state index contributed by atoms with van der Waals surface area (Å²) in [6.07, 6.45) is 0. The Bertz CT molecular complexity index is 36.0. The van der Waals surface area contributed by atoms with Gasteiger partial charge in [-0.15, -0.1) is 0 Å². The first kappa shape index (κ1) is 29.9. The average molecular weight is 216 g/mol. The standard InChI is InChI=1S/Ca.FH.Na.H4O4Si.H3P.3H/c;;;1-5(2,3)4;;;;/h;1H;;1-4H;1H3;;;. The zero-order chi connectivity index (χ0) is 4.50. The molecule has 0 saturated carbocycles. The Hall–Kier alpha value is 2.68. The van der Waals surface area contributed by atoms with Crippen LogP contribution in [0.15, 0.2) is 0 Å². The molecule has 0 aliphatic carbocycles. The van der Waals surface area contributed by atoms with Crippen LogP contribution < -0.4 is 0 Å². The minimum absolute atomic E-state index is 0. The average Bonchev–Trinajstić information content (AvgIpc) is 0.722. The van der Waals surface area contributed by atoms with Crippen LogP contribution in [0.3, 0.4) is 0 Å². The Balaban J connectivity index is -0.0000000133. The minimum atomic E-state index is -4.61. The first-order valence-corrected chi connectivity index (χ1v) is 2.68. The molecular weight excluding hydrogens is 205 g/mol. The monoisotopic (exact) mass is 216 g/mol. The molecule has 0 aromatic heterocycles. The molecule has 0 amide bonds. The van der Waals surface area contributed by atoms with Crippen molar-refractivity contribution in [2.75, 3.05) is 0 Å². The maximum absolute atomic E-state index is 7.33. The van der Waals surface area contributed by atoms with E-state index in [1.54, 1.807) is 0 Å². The summed E-state index contributed by atoms with van der Waals surface area (Å²) < 4.78 is 0. The first-order valence-electron chi connectivity index (χ1n) is 0.894. The summed E-state index contributed by atoms with van der Waals surface area (Å²) in [5, 5.41) is 0. The molecule has 4 N–H and O–H groups in total. The van der Waals surface area contributed by atoms with Crippen molar-refractivity contribution >= 4 is 86.2 Å². The van der Waals surface area contributed by atoms with E-state index >= 15 is 0 Å². The Morgan fingerprint density at radius 1 is 0.889 bits per heavy atom. The molecule has 1 atom stereocenters. The zero-order valence-electron chi connectivity index (χ0n) is 3.40. The Morgan fingerprint density at radius 3 is 0.889 bits per heavy atom. The third-order valence-electron chi connectivity index (χ3n) is 0. The van der Waals surface area contributed by atoms with Crippen LogP contribution in [0.4, 0.5) is 4.70 Å². The predicted octanol–water partition coefficient (Wildman–Crippen LogP) is -3.96. The van der Waals surface area contributed by atoms with Crippen LogP contribution in [0.5, 0.6) is 0 Å². The molecule has 0 rings (SSSR count). The van der Waals surface area contributed by atoms with Crippen LogP contribution in [0, 0.1) is 0 Å². The summed E-state index contributed by atoms with van der Waals surface area (Å²) in [6, 6.07) is 0.